The molecular weight excluding hydrogens is 385 g/mol. The molecule has 1 aliphatic rings. The lowest BCUT2D eigenvalue weighted by molar-refractivity contribution is -0.113. The minimum atomic E-state index is -0.365. The number of thioether (sulfide) groups is 1. The van der Waals surface area contributed by atoms with Gasteiger partial charge in [-0.1, -0.05) is 24.0 Å². The topological polar surface area (TPSA) is 38.8 Å². The Kier molecular flexibility index (Phi) is 6.13. The van der Waals surface area contributed by atoms with Gasteiger partial charge in [0.05, 0.1) is 23.8 Å². The molecule has 1 amide bonds. The summed E-state index contributed by atoms with van der Waals surface area (Å²) in [6.45, 7) is 4.86. The number of nitrogens with zero attached hydrogens (tertiary/aromatic N) is 1. The summed E-state index contributed by atoms with van der Waals surface area (Å²) in [5.74, 6) is 0.732. The Balaban J connectivity index is 1.92. The van der Waals surface area contributed by atoms with E-state index in [-0.39, 0.29) is 11.7 Å². The fraction of sp³-hybridized carbons (Fsp3) is 0.200. The maximum Gasteiger partial charge on any atom is 0.270 e. The predicted octanol–water partition coefficient (Wildman–Crippen LogP) is 5.03. The number of amides is 1. The third-order valence-corrected chi connectivity index (χ3v) is 5.06. The molecule has 4 nitrogen and oxygen atoms in total. The average molecular weight is 404 g/mol. The number of hydrogen-bond acceptors (Lipinski definition) is 5. The van der Waals surface area contributed by atoms with E-state index in [9.17, 15) is 9.18 Å². The molecule has 1 saturated heterocycles. The second kappa shape index (κ2) is 8.54. The summed E-state index contributed by atoms with van der Waals surface area (Å²) in [5.41, 5.74) is 1.30. The second-order valence-corrected chi connectivity index (χ2v) is 7.23. The van der Waals surface area contributed by atoms with E-state index in [0.29, 0.717) is 39.6 Å². The van der Waals surface area contributed by atoms with Crippen molar-refractivity contribution in [2.45, 2.75) is 13.8 Å². The van der Waals surface area contributed by atoms with E-state index in [2.05, 4.69) is 0 Å². The van der Waals surface area contributed by atoms with Crippen molar-refractivity contribution >= 4 is 46.0 Å². The molecule has 1 aliphatic heterocycles. The van der Waals surface area contributed by atoms with Crippen molar-refractivity contribution < 1.29 is 18.7 Å². The van der Waals surface area contributed by atoms with E-state index in [1.54, 1.807) is 12.1 Å². The van der Waals surface area contributed by atoms with Gasteiger partial charge in [-0.3, -0.25) is 9.69 Å². The molecule has 0 bridgehead atoms. The monoisotopic (exact) mass is 403 g/mol. The van der Waals surface area contributed by atoms with Crippen LogP contribution in [0.1, 0.15) is 19.4 Å². The van der Waals surface area contributed by atoms with Gasteiger partial charge < -0.3 is 9.47 Å². The quantitative estimate of drug-likeness (QED) is 0.500. The summed E-state index contributed by atoms with van der Waals surface area (Å²) in [6.07, 6.45) is 1.75. The molecule has 0 spiro atoms. The van der Waals surface area contributed by atoms with Gasteiger partial charge in [-0.2, -0.15) is 0 Å². The van der Waals surface area contributed by atoms with Crippen LogP contribution in [0, 0.1) is 5.82 Å². The van der Waals surface area contributed by atoms with Crippen LogP contribution in [-0.4, -0.2) is 23.4 Å². The van der Waals surface area contributed by atoms with Gasteiger partial charge >= 0.3 is 0 Å². The normalized spacial score (nSPS) is 15.5. The van der Waals surface area contributed by atoms with Crippen LogP contribution in [0.3, 0.4) is 0 Å². The summed E-state index contributed by atoms with van der Waals surface area (Å²) >= 11 is 6.55. The Morgan fingerprint density at radius 2 is 1.81 bits per heavy atom. The van der Waals surface area contributed by atoms with Crippen molar-refractivity contribution in [1.29, 1.82) is 0 Å². The van der Waals surface area contributed by atoms with Crippen molar-refractivity contribution in [3.8, 4) is 11.5 Å². The largest absolute Gasteiger partial charge is 0.494 e. The van der Waals surface area contributed by atoms with Crippen LogP contribution in [0.25, 0.3) is 6.08 Å². The van der Waals surface area contributed by atoms with E-state index in [1.165, 1.54) is 40.9 Å². The summed E-state index contributed by atoms with van der Waals surface area (Å²) in [6, 6.07) is 11.2. The lowest BCUT2D eigenvalue weighted by Gasteiger charge is -2.14. The maximum atomic E-state index is 13.2. The van der Waals surface area contributed by atoms with Crippen LogP contribution in [0.4, 0.5) is 10.1 Å². The first kappa shape index (κ1) is 19.4. The zero-order chi connectivity index (χ0) is 19.4. The van der Waals surface area contributed by atoms with Crippen molar-refractivity contribution in [3.05, 3.63) is 58.8 Å². The zero-order valence-electron chi connectivity index (χ0n) is 14.9. The molecule has 140 valence electrons. The molecule has 0 unspecified atom stereocenters. The summed E-state index contributed by atoms with van der Waals surface area (Å²) in [5, 5.41) is 0. The van der Waals surface area contributed by atoms with Gasteiger partial charge in [0, 0.05) is 11.6 Å². The predicted molar refractivity (Wildman–Crippen MR) is 111 cm³/mol. The van der Waals surface area contributed by atoms with Crippen molar-refractivity contribution in [2.75, 3.05) is 18.1 Å². The third-order valence-electron chi connectivity index (χ3n) is 3.76. The Labute approximate surface area is 167 Å². The Bertz CT molecular complexity index is 897. The molecule has 0 N–H and O–H groups in total. The van der Waals surface area contributed by atoms with Crippen molar-refractivity contribution in [2.24, 2.45) is 0 Å². The molecule has 0 saturated carbocycles. The minimum absolute atomic E-state index is 0.243. The average Bonchev–Trinajstić information content (AvgIpc) is 2.92. The summed E-state index contributed by atoms with van der Waals surface area (Å²) in [7, 11) is 0. The van der Waals surface area contributed by atoms with Gasteiger partial charge in [0.25, 0.3) is 5.91 Å². The van der Waals surface area contributed by atoms with Crippen molar-refractivity contribution in [1.82, 2.24) is 0 Å². The highest BCUT2D eigenvalue weighted by atomic mass is 32.2. The van der Waals surface area contributed by atoms with Crippen molar-refractivity contribution in [3.63, 3.8) is 0 Å². The maximum absolute atomic E-state index is 13.2. The molecule has 3 rings (SSSR count). The molecular formula is C20H18FNO3S2. The van der Waals surface area contributed by atoms with Crippen LogP contribution in [0.15, 0.2) is 47.4 Å². The number of rotatable bonds is 6. The number of carbonyl (C=O) groups is 1. The first-order valence-electron chi connectivity index (χ1n) is 8.46. The number of carbonyl (C=O) groups excluding carboxylic acids is 1. The molecule has 2 aromatic rings. The lowest BCUT2D eigenvalue weighted by Crippen LogP contribution is -2.27. The molecule has 2 aromatic carbocycles. The zero-order valence-corrected chi connectivity index (χ0v) is 16.5. The van der Waals surface area contributed by atoms with Gasteiger partial charge in [0.1, 0.15) is 17.3 Å². The molecule has 1 fully saturated rings. The first-order chi connectivity index (χ1) is 13.0. The van der Waals surface area contributed by atoms with E-state index in [0.717, 1.165) is 5.56 Å². The molecule has 0 atom stereocenters. The molecule has 1 heterocycles. The standard InChI is InChI=1S/C20H18FNO3S2/c1-3-24-16-10-5-13(17(12-16)25-4-2)11-18-19(23)22(20(26)27-18)15-8-6-14(21)7-9-15/h5-12H,3-4H2,1-2H3/b18-11-. The van der Waals surface area contributed by atoms with Crippen LogP contribution in [-0.2, 0) is 4.79 Å². The SMILES string of the molecule is CCOc1ccc(/C=C2\SC(=S)N(c3ccc(F)cc3)C2=O)c(OCC)c1. The Morgan fingerprint density at radius 1 is 1.11 bits per heavy atom. The van der Waals surface area contributed by atoms with Crippen LogP contribution < -0.4 is 14.4 Å². The highest BCUT2D eigenvalue weighted by molar-refractivity contribution is 8.27. The van der Waals surface area contributed by atoms with E-state index >= 15 is 0 Å². The molecule has 27 heavy (non-hydrogen) atoms. The smallest absolute Gasteiger partial charge is 0.270 e. The number of thiocarbonyl (C=S) groups is 1. The Morgan fingerprint density at radius 3 is 2.48 bits per heavy atom. The van der Waals surface area contributed by atoms with Gasteiger partial charge in [-0.05, 0) is 56.3 Å². The van der Waals surface area contributed by atoms with Crippen LogP contribution in [0.2, 0.25) is 0 Å². The van der Waals surface area contributed by atoms with Gasteiger partial charge in [0.2, 0.25) is 0 Å². The number of benzene rings is 2. The van der Waals surface area contributed by atoms with E-state index in [4.69, 9.17) is 21.7 Å². The highest BCUT2D eigenvalue weighted by Gasteiger charge is 2.33. The lowest BCUT2D eigenvalue weighted by atomic mass is 10.1. The van der Waals surface area contributed by atoms with Gasteiger partial charge in [0.15, 0.2) is 4.32 Å². The number of ether oxygens (including phenoxy) is 2. The van der Waals surface area contributed by atoms with Gasteiger partial charge in [-0.15, -0.1) is 0 Å². The van der Waals surface area contributed by atoms with Crippen LogP contribution in [0.5, 0.6) is 11.5 Å². The molecule has 0 radical (unpaired) electrons. The number of halogens is 1. The minimum Gasteiger partial charge on any atom is -0.494 e. The fourth-order valence-electron chi connectivity index (χ4n) is 2.59. The fourth-order valence-corrected chi connectivity index (χ4v) is 3.88. The summed E-state index contributed by atoms with van der Waals surface area (Å²) < 4.78 is 24.8. The third kappa shape index (κ3) is 4.31. The number of anilines is 1. The highest BCUT2D eigenvalue weighted by Crippen LogP contribution is 2.37. The second-order valence-electron chi connectivity index (χ2n) is 5.56. The molecule has 7 heteroatoms. The number of hydrogen-bond donors (Lipinski definition) is 0. The van der Waals surface area contributed by atoms with E-state index < -0.39 is 0 Å². The Hall–Kier alpha value is -2.38. The summed E-state index contributed by atoms with van der Waals surface area (Å²) in [4.78, 5) is 14.7. The van der Waals surface area contributed by atoms with Gasteiger partial charge in [-0.25, -0.2) is 4.39 Å². The first-order valence-corrected chi connectivity index (χ1v) is 9.69. The molecule has 0 aliphatic carbocycles. The van der Waals surface area contributed by atoms with Crippen LogP contribution >= 0.6 is 24.0 Å². The van der Waals surface area contributed by atoms with E-state index in [1.807, 2.05) is 26.0 Å². The molecule has 0 aromatic heterocycles.